The van der Waals surface area contributed by atoms with Crippen LogP contribution in [0.4, 0.5) is 0 Å². The Morgan fingerprint density at radius 1 is 1.37 bits per heavy atom. The molecule has 1 saturated heterocycles. The highest BCUT2D eigenvalue weighted by molar-refractivity contribution is 5.85. The second-order valence-electron chi connectivity index (χ2n) is 5.68. The summed E-state index contributed by atoms with van der Waals surface area (Å²) in [5, 5.41) is 0. The molecule has 0 aliphatic carbocycles. The van der Waals surface area contributed by atoms with Crippen LogP contribution in [-0.2, 0) is 16.0 Å². The van der Waals surface area contributed by atoms with Crippen molar-refractivity contribution in [2.75, 3.05) is 6.54 Å². The summed E-state index contributed by atoms with van der Waals surface area (Å²) in [5.74, 6) is 0.387. The molecule has 0 spiro atoms. The lowest BCUT2D eigenvalue weighted by Gasteiger charge is -2.41. The number of amides is 1. The number of pyridine rings is 1. The molecule has 19 heavy (non-hydrogen) atoms. The molecule has 1 aromatic rings. The van der Waals surface area contributed by atoms with Crippen LogP contribution >= 0.6 is 0 Å². The maximum absolute atomic E-state index is 12.3. The average Bonchev–Trinajstić information content (AvgIpc) is 2.36. The van der Waals surface area contributed by atoms with Gasteiger partial charge in [0.1, 0.15) is 5.78 Å². The van der Waals surface area contributed by atoms with Crippen LogP contribution in [0.1, 0.15) is 38.7 Å². The number of carbonyl (C=O) groups is 2. The molecule has 2 rings (SSSR count). The van der Waals surface area contributed by atoms with Gasteiger partial charge in [0.05, 0.1) is 0 Å². The minimum Gasteiger partial charge on any atom is -0.337 e. The van der Waals surface area contributed by atoms with Crippen LogP contribution in [0.5, 0.6) is 0 Å². The number of hydrogen-bond donors (Lipinski definition) is 0. The van der Waals surface area contributed by atoms with Gasteiger partial charge in [-0.15, -0.1) is 0 Å². The molecule has 0 unspecified atom stereocenters. The molecular weight excluding hydrogens is 240 g/mol. The molecule has 1 aromatic heterocycles. The molecular formula is C15H20N2O2. The van der Waals surface area contributed by atoms with Crippen LogP contribution in [0.2, 0.25) is 0 Å². The molecule has 102 valence electrons. The van der Waals surface area contributed by atoms with Crippen molar-refractivity contribution in [3.05, 3.63) is 30.1 Å². The van der Waals surface area contributed by atoms with Crippen LogP contribution in [0.15, 0.2) is 24.5 Å². The lowest BCUT2D eigenvalue weighted by Crippen LogP contribution is -2.53. The van der Waals surface area contributed by atoms with E-state index in [2.05, 4.69) is 4.98 Å². The summed E-state index contributed by atoms with van der Waals surface area (Å²) in [5.41, 5.74) is 0.777. The number of likely N-dealkylation sites (tertiary alicyclic amines) is 1. The third-order valence-corrected chi connectivity index (χ3v) is 3.65. The van der Waals surface area contributed by atoms with Crippen LogP contribution < -0.4 is 0 Å². The van der Waals surface area contributed by atoms with E-state index in [0.29, 0.717) is 25.8 Å². The van der Waals surface area contributed by atoms with Crippen molar-refractivity contribution in [2.24, 2.45) is 0 Å². The smallest absolute Gasteiger partial charge is 0.223 e. The van der Waals surface area contributed by atoms with E-state index in [-0.39, 0.29) is 17.2 Å². The minimum atomic E-state index is -0.343. The molecule has 0 N–H and O–H groups in total. The van der Waals surface area contributed by atoms with Gasteiger partial charge in [0.2, 0.25) is 5.91 Å². The van der Waals surface area contributed by atoms with Crippen molar-refractivity contribution >= 4 is 11.7 Å². The Morgan fingerprint density at radius 2 is 2.05 bits per heavy atom. The predicted molar refractivity (Wildman–Crippen MR) is 72.6 cm³/mol. The summed E-state index contributed by atoms with van der Waals surface area (Å²) in [6.45, 7) is 4.49. The number of aromatic nitrogens is 1. The maximum Gasteiger partial charge on any atom is 0.223 e. The van der Waals surface area contributed by atoms with Gasteiger partial charge in [-0.1, -0.05) is 0 Å². The van der Waals surface area contributed by atoms with Crippen LogP contribution in [0, 0.1) is 0 Å². The van der Waals surface area contributed by atoms with Gasteiger partial charge in [0.15, 0.2) is 0 Å². The Balaban J connectivity index is 1.94. The minimum absolute atomic E-state index is 0.134. The SMILES string of the molecule is CC1(C)CC(=O)CCN1C(=O)CCc1ccncc1. The lowest BCUT2D eigenvalue weighted by molar-refractivity contribution is -0.142. The summed E-state index contributed by atoms with van der Waals surface area (Å²) in [6, 6.07) is 3.86. The van der Waals surface area contributed by atoms with Crippen LogP contribution in [0.3, 0.4) is 0 Å². The first-order chi connectivity index (χ1) is 8.99. The van der Waals surface area contributed by atoms with Crippen molar-refractivity contribution in [2.45, 2.75) is 45.1 Å². The molecule has 1 aliphatic heterocycles. The van der Waals surface area contributed by atoms with Crippen molar-refractivity contribution in [3.8, 4) is 0 Å². The highest BCUT2D eigenvalue weighted by Gasteiger charge is 2.36. The van der Waals surface area contributed by atoms with E-state index in [1.165, 1.54) is 0 Å². The lowest BCUT2D eigenvalue weighted by atomic mass is 9.89. The van der Waals surface area contributed by atoms with Gasteiger partial charge in [-0.25, -0.2) is 0 Å². The van der Waals surface area contributed by atoms with E-state index in [4.69, 9.17) is 0 Å². The molecule has 1 fully saturated rings. The van der Waals surface area contributed by atoms with E-state index in [0.717, 1.165) is 12.0 Å². The Hall–Kier alpha value is -1.71. The summed E-state index contributed by atoms with van der Waals surface area (Å²) < 4.78 is 0. The van der Waals surface area contributed by atoms with Gasteiger partial charge in [0, 0.05) is 43.7 Å². The molecule has 0 saturated carbocycles. The quantitative estimate of drug-likeness (QED) is 0.835. The molecule has 4 heteroatoms. The second kappa shape index (κ2) is 5.51. The van der Waals surface area contributed by atoms with E-state index >= 15 is 0 Å². The molecule has 1 amide bonds. The van der Waals surface area contributed by atoms with E-state index < -0.39 is 0 Å². The first-order valence-electron chi connectivity index (χ1n) is 6.70. The zero-order valence-electron chi connectivity index (χ0n) is 11.6. The monoisotopic (exact) mass is 260 g/mol. The summed E-state index contributed by atoms with van der Waals surface area (Å²) >= 11 is 0. The number of ketones is 1. The van der Waals surface area contributed by atoms with Crippen molar-refractivity contribution in [3.63, 3.8) is 0 Å². The summed E-state index contributed by atoms with van der Waals surface area (Å²) in [4.78, 5) is 29.6. The highest BCUT2D eigenvalue weighted by atomic mass is 16.2. The number of aryl methyl sites for hydroxylation is 1. The molecule has 2 heterocycles. The number of piperidine rings is 1. The highest BCUT2D eigenvalue weighted by Crippen LogP contribution is 2.26. The van der Waals surface area contributed by atoms with Crippen LogP contribution in [-0.4, -0.2) is 33.7 Å². The first-order valence-corrected chi connectivity index (χ1v) is 6.70. The Morgan fingerprint density at radius 3 is 2.68 bits per heavy atom. The number of carbonyl (C=O) groups excluding carboxylic acids is 2. The van der Waals surface area contributed by atoms with Gasteiger partial charge >= 0.3 is 0 Å². The molecule has 1 aliphatic rings. The number of Topliss-reactive ketones (excluding diaryl/α,β-unsaturated/α-hetero) is 1. The molecule has 4 nitrogen and oxygen atoms in total. The largest absolute Gasteiger partial charge is 0.337 e. The average molecular weight is 260 g/mol. The molecule has 0 atom stereocenters. The van der Waals surface area contributed by atoms with Gasteiger partial charge < -0.3 is 4.90 Å². The van der Waals surface area contributed by atoms with Gasteiger partial charge in [0.25, 0.3) is 0 Å². The van der Waals surface area contributed by atoms with Crippen molar-refractivity contribution in [1.29, 1.82) is 0 Å². The fourth-order valence-electron chi connectivity index (χ4n) is 2.60. The van der Waals surface area contributed by atoms with E-state index in [1.807, 2.05) is 30.9 Å². The fraction of sp³-hybridized carbons (Fsp3) is 0.533. The number of rotatable bonds is 3. The molecule has 0 bridgehead atoms. The Bertz CT molecular complexity index is 468. The number of hydrogen-bond acceptors (Lipinski definition) is 3. The summed E-state index contributed by atoms with van der Waals surface area (Å²) in [7, 11) is 0. The maximum atomic E-state index is 12.3. The topological polar surface area (TPSA) is 50.3 Å². The third-order valence-electron chi connectivity index (χ3n) is 3.65. The zero-order chi connectivity index (χ0) is 13.9. The second-order valence-corrected chi connectivity index (χ2v) is 5.68. The molecule has 0 radical (unpaired) electrons. The molecule has 0 aromatic carbocycles. The van der Waals surface area contributed by atoms with Crippen LogP contribution in [0.25, 0.3) is 0 Å². The van der Waals surface area contributed by atoms with Crippen molar-refractivity contribution < 1.29 is 9.59 Å². The number of nitrogens with zero attached hydrogens (tertiary/aromatic N) is 2. The summed E-state index contributed by atoms with van der Waals surface area (Å²) in [6.07, 6.45) is 5.65. The van der Waals surface area contributed by atoms with Crippen molar-refractivity contribution in [1.82, 2.24) is 9.88 Å². The Labute approximate surface area is 113 Å². The first kappa shape index (κ1) is 13.7. The normalized spacial score (nSPS) is 18.4. The zero-order valence-corrected chi connectivity index (χ0v) is 11.6. The van der Waals surface area contributed by atoms with Gasteiger partial charge in [-0.2, -0.15) is 0 Å². The Kier molecular flexibility index (Phi) is 3.98. The third kappa shape index (κ3) is 3.40. The van der Waals surface area contributed by atoms with E-state index in [1.54, 1.807) is 12.4 Å². The fourth-order valence-corrected chi connectivity index (χ4v) is 2.60. The van der Waals surface area contributed by atoms with E-state index in [9.17, 15) is 9.59 Å². The predicted octanol–water partition coefficient (Wildman–Crippen LogP) is 1.98. The van der Waals surface area contributed by atoms with Gasteiger partial charge in [-0.3, -0.25) is 14.6 Å². The standard InChI is InChI=1S/C15H20N2O2/c1-15(2)11-13(18)7-10-17(15)14(19)4-3-12-5-8-16-9-6-12/h5-6,8-9H,3-4,7,10-11H2,1-2H3. The van der Waals surface area contributed by atoms with Gasteiger partial charge in [-0.05, 0) is 38.0 Å².